The zero-order valence-electron chi connectivity index (χ0n) is 19.2. The van der Waals surface area contributed by atoms with Crippen molar-refractivity contribution in [3.63, 3.8) is 0 Å². The van der Waals surface area contributed by atoms with Crippen molar-refractivity contribution in [1.82, 2.24) is 10.2 Å². The normalized spacial score (nSPS) is 12.0. The van der Waals surface area contributed by atoms with Crippen LogP contribution in [0.1, 0.15) is 23.6 Å². The number of rotatable bonds is 9. The van der Waals surface area contributed by atoms with Gasteiger partial charge in [0.05, 0.1) is 16.9 Å². The van der Waals surface area contributed by atoms with Gasteiger partial charge in [-0.05, 0) is 31.9 Å². The van der Waals surface area contributed by atoms with Gasteiger partial charge in [0, 0.05) is 25.7 Å². The number of non-ortho nitro benzene ring substituents is 1. The van der Waals surface area contributed by atoms with Crippen molar-refractivity contribution < 1.29 is 22.9 Å². The minimum Gasteiger partial charge on any atom is -0.357 e. The molecule has 2 aromatic carbocycles. The van der Waals surface area contributed by atoms with E-state index in [0.29, 0.717) is 5.56 Å². The molecule has 11 heteroatoms. The lowest BCUT2D eigenvalue weighted by molar-refractivity contribution is -0.384. The second kappa shape index (κ2) is 10.4. The first-order chi connectivity index (χ1) is 15.3. The molecule has 0 fully saturated rings. The topological polar surface area (TPSA) is 130 Å². The number of likely N-dealkylation sites (N-methyl/N-ethyl adjacent to an activating group) is 1. The molecule has 2 amide bonds. The van der Waals surface area contributed by atoms with Gasteiger partial charge in [-0.15, -0.1) is 0 Å². The molecule has 178 valence electrons. The highest BCUT2D eigenvalue weighted by molar-refractivity contribution is 7.92. The summed E-state index contributed by atoms with van der Waals surface area (Å²) >= 11 is 0. The summed E-state index contributed by atoms with van der Waals surface area (Å²) in [4.78, 5) is 37.5. The number of nitro benzene ring substituents is 1. The Morgan fingerprint density at radius 2 is 1.73 bits per heavy atom. The van der Waals surface area contributed by atoms with Gasteiger partial charge >= 0.3 is 0 Å². The van der Waals surface area contributed by atoms with E-state index in [9.17, 15) is 28.1 Å². The number of amides is 2. The molecule has 0 aliphatic rings. The number of hydrogen-bond donors (Lipinski definition) is 1. The molecule has 1 N–H and O–H groups in total. The first-order valence-corrected chi connectivity index (χ1v) is 12.0. The number of benzene rings is 2. The molecule has 10 nitrogen and oxygen atoms in total. The summed E-state index contributed by atoms with van der Waals surface area (Å²) < 4.78 is 26.0. The first-order valence-electron chi connectivity index (χ1n) is 10.1. The van der Waals surface area contributed by atoms with E-state index in [1.54, 1.807) is 13.8 Å². The van der Waals surface area contributed by atoms with Gasteiger partial charge in [0.1, 0.15) is 12.6 Å². The highest BCUT2D eigenvalue weighted by Crippen LogP contribution is 2.28. The summed E-state index contributed by atoms with van der Waals surface area (Å²) in [5.41, 5.74) is 1.97. The summed E-state index contributed by atoms with van der Waals surface area (Å²) in [5, 5.41) is 13.7. The maximum absolute atomic E-state index is 13.3. The Kier molecular flexibility index (Phi) is 8.15. The molecule has 0 radical (unpaired) electrons. The zero-order valence-corrected chi connectivity index (χ0v) is 20.0. The average molecular weight is 477 g/mol. The summed E-state index contributed by atoms with van der Waals surface area (Å²) in [5.74, 6) is -1.03. The molecule has 1 unspecified atom stereocenters. The highest BCUT2D eigenvalue weighted by atomic mass is 32.2. The van der Waals surface area contributed by atoms with E-state index >= 15 is 0 Å². The average Bonchev–Trinajstić information content (AvgIpc) is 2.75. The lowest BCUT2D eigenvalue weighted by Gasteiger charge is -2.31. The van der Waals surface area contributed by atoms with Crippen molar-refractivity contribution in [2.24, 2.45) is 0 Å². The van der Waals surface area contributed by atoms with Crippen LogP contribution in [0.2, 0.25) is 0 Å². The largest absolute Gasteiger partial charge is 0.357 e. The van der Waals surface area contributed by atoms with Crippen molar-refractivity contribution in [1.29, 1.82) is 0 Å². The molecular weight excluding hydrogens is 448 g/mol. The maximum atomic E-state index is 13.3. The van der Waals surface area contributed by atoms with Gasteiger partial charge in [-0.3, -0.25) is 24.0 Å². The van der Waals surface area contributed by atoms with Gasteiger partial charge in [-0.25, -0.2) is 8.42 Å². The predicted molar refractivity (Wildman–Crippen MR) is 125 cm³/mol. The molecule has 2 rings (SSSR count). The fourth-order valence-electron chi connectivity index (χ4n) is 3.26. The SMILES string of the molecule is CNC(=O)C(C)N(Cc1ccc(C)cc1)C(=O)CN(c1cc([N+](=O)[O-])ccc1C)S(C)(=O)=O. The highest BCUT2D eigenvalue weighted by Gasteiger charge is 2.30. The molecule has 0 aliphatic heterocycles. The van der Waals surface area contributed by atoms with Crippen molar-refractivity contribution in [2.45, 2.75) is 33.4 Å². The molecule has 0 saturated carbocycles. The van der Waals surface area contributed by atoms with Gasteiger partial charge in [-0.2, -0.15) is 0 Å². The number of sulfonamides is 1. The molecule has 0 spiro atoms. The number of carbonyl (C=O) groups is 2. The van der Waals surface area contributed by atoms with Crippen LogP contribution in [-0.2, 0) is 26.2 Å². The zero-order chi connectivity index (χ0) is 24.9. The second-order valence-corrected chi connectivity index (χ2v) is 9.70. The van der Waals surface area contributed by atoms with E-state index in [4.69, 9.17) is 0 Å². The van der Waals surface area contributed by atoms with Crippen LogP contribution in [0.5, 0.6) is 0 Å². The Morgan fingerprint density at radius 1 is 1.12 bits per heavy atom. The lowest BCUT2D eigenvalue weighted by Crippen LogP contribution is -2.50. The Hall–Kier alpha value is -3.47. The summed E-state index contributed by atoms with van der Waals surface area (Å²) in [6.07, 6.45) is 0.922. The van der Waals surface area contributed by atoms with Gasteiger partial charge < -0.3 is 10.2 Å². The smallest absolute Gasteiger partial charge is 0.271 e. The number of anilines is 1. The van der Waals surface area contributed by atoms with Crippen LogP contribution in [0.25, 0.3) is 0 Å². The van der Waals surface area contributed by atoms with Gasteiger partial charge in [-0.1, -0.05) is 35.9 Å². The number of nitro groups is 1. The van der Waals surface area contributed by atoms with Crippen molar-refractivity contribution in [3.8, 4) is 0 Å². The molecule has 33 heavy (non-hydrogen) atoms. The minimum absolute atomic E-state index is 0.0305. The van der Waals surface area contributed by atoms with Crippen LogP contribution in [0.3, 0.4) is 0 Å². The first kappa shape index (κ1) is 25.8. The number of hydrogen-bond acceptors (Lipinski definition) is 6. The Labute approximate surface area is 193 Å². The fraction of sp³-hybridized carbons (Fsp3) is 0.364. The minimum atomic E-state index is -3.98. The lowest BCUT2D eigenvalue weighted by atomic mass is 10.1. The van der Waals surface area contributed by atoms with E-state index in [2.05, 4.69) is 5.32 Å². The Balaban J connectivity index is 2.46. The molecule has 0 aliphatic carbocycles. The van der Waals surface area contributed by atoms with Crippen LogP contribution in [0, 0.1) is 24.0 Å². The number of nitrogens with one attached hydrogen (secondary N) is 1. The summed E-state index contributed by atoms with van der Waals surface area (Å²) in [6, 6.07) is 10.3. The van der Waals surface area contributed by atoms with Crippen LogP contribution in [0.15, 0.2) is 42.5 Å². The van der Waals surface area contributed by atoms with Crippen LogP contribution in [-0.4, -0.2) is 55.9 Å². The molecular formula is C22H28N4O6S. The number of aryl methyl sites for hydroxylation is 2. The van der Waals surface area contributed by atoms with E-state index < -0.39 is 39.3 Å². The molecule has 0 heterocycles. The van der Waals surface area contributed by atoms with E-state index in [0.717, 1.165) is 27.8 Å². The molecule has 0 bridgehead atoms. The molecule has 0 aromatic heterocycles. The maximum Gasteiger partial charge on any atom is 0.271 e. The third-order valence-electron chi connectivity index (χ3n) is 5.24. The standard InChI is InChI=1S/C22H28N4O6S/c1-15-6-9-18(10-7-15)13-24(17(3)22(28)23-4)21(27)14-25(33(5,31)32)20-12-19(26(29)30)11-8-16(20)2/h6-12,17H,13-14H2,1-5H3,(H,23,28). The summed E-state index contributed by atoms with van der Waals surface area (Å²) in [7, 11) is -2.53. The van der Waals surface area contributed by atoms with Crippen LogP contribution in [0.4, 0.5) is 11.4 Å². The van der Waals surface area contributed by atoms with Crippen molar-refractivity contribution >= 4 is 33.2 Å². The second-order valence-electron chi connectivity index (χ2n) is 7.79. The third kappa shape index (κ3) is 6.51. The fourth-order valence-corrected chi connectivity index (χ4v) is 4.16. The molecule has 1 atom stereocenters. The van der Waals surface area contributed by atoms with E-state index in [-0.39, 0.29) is 17.9 Å². The van der Waals surface area contributed by atoms with E-state index in [1.807, 2.05) is 31.2 Å². The van der Waals surface area contributed by atoms with Crippen LogP contribution >= 0.6 is 0 Å². The van der Waals surface area contributed by atoms with E-state index in [1.165, 1.54) is 24.1 Å². The summed E-state index contributed by atoms with van der Waals surface area (Å²) in [6.45, 7) is 4.53. The van der Waals surface area contributed by atoms with Crippen LogP contribution < -0.4 is 9.62 Å². The Bertz CT molecular complexity index is 1150. The number of carbonyl (C=O) groups excluding carboxylic acids is 2. The number of nitrogens with zero attached hydrogens (tertiary/aromatic N) is 3. The van der Waals surface area contributed by atoms with Gasteiger partial charge in [0.2, 0.25) is 21.8 Å². The third-order valence-corrected chi connectivity index (χ3v) is 6.37. The monoisotopic (exact) mass is 476 g/mol. The van der Waals surface area contributed by atoms with Crippen molar-refractivity contribution in [2.75, 3.05) is 24.2 Å². The predicted octanol–water partition coefficient (Wildman–Crippen LogP) is 2.14. The Morgan fingerprint density at radius 3 is 2.24 bits per heavy atom. The quantitative estimate of drug-likeness (QED) is 0.436. The molecule has 2 aromatic rings. The van der Waals surface area contributed by atoms with Gasteiger partial charge in [0.15, 0.2) is 0 Å². The van der Waals surface area contributed by atoms with Gasteiger partial charge in [0.25, 0.3) is 5.69 Å². The van der Waals surface area contributed by atoms with Crippen molar-refractivity contribution in [3.05, 3.63) is 69.3 Å². The molecule has 0 saturated heterocycles.